The van der Waals surface area contributed by atoms with E-state index in [1.165, 1.54) is 0 Å². The maximum absolute atomic E-state index is 10.7. The van der Waals surface area contributed by atoms with E-state index in [1.54, 1.807) is 13.8 Å². The molecule has 0 radical (unpaired) electrons. The van der Waals surface area contributed by atoms with Gasteiger partial charge in [-0.05, 0) is 19.4 Å². The topological polar surface area (TPSA) is 26.3 Å². The summed E-state index contributed by atoms with van der Waals surface area (Å²) in [7, 11) is 0. The first-order valence-electron chi connectivity index (χ1n) is 3.03. The third-order valence-corrected chi connectivity index (χ3v) is 1.01. The lowest BCUT2D eigenvalue weighted by molar-refractivity contribution is -0.141. The van der Waals surface area contributed by atoms with E-state index >= 15 is 0 Å². The largest absolute Gasteiger partial charge is 0.460 e. The van der Waals surface area contributed by atoms with Gasteiger partial charge in [0.1, 0.15) is 6.61 Å². The molecule has 1 unspecified atom stereocenters. The molecular weight excluding hydrogens is 148 g/mol. The summed E-state index contributed by atoms with van der Waals surface area (Å²) in [4.78, 5) is 10.7. The Hall–Kier alpha value is -0.440. The Bertz CT molecular complexity index is 141. The first kappa shape index (κ1) is 9.56. The van der Waals surface area contributed by atoms with E-state index in [4.69, 9.17) is 4.74 Å². The predicted octanol–water partition coefficient (Wildman–Crippen LogP) is 1.42. The van der Waals surface area contributed by atoms with Crippen LogP contribution in [0.15, 0.2) is 12.2 Å². The van der Waals surface area contributed by atoms with E-state index in [1.807, 2.05) is 0 Å². The Balaban J connectivity index is 3.50. The molecule has 2 nitrogen and oxygen atoms in total. The Morgan fingerprint density at radius 1 is 1.80 bits per heavy atom. The van der Waals surface area contributed by atoms with Crippen molar-refractivity contribution in [3.63, 3.8) is 0 Å². The summed E-state index contributed by atoms with van der Waals surface area (Å²) in [6, 6.07) is 0. The number of esters is 1. The van der Waals surface area contributed by atoms with Gasteiger partial charge in [0.15, 0.2) is 0 Å². The second-order valence-electron chi connectivity index (χ2n) is 2.24. The first-order valence-corrected chi connectivity index (χ1v) is 3.54. The average Bonchev–Trinajstić information content (AvgIpc) is 1.82. The lowest BCUT2D eigenvalue weighted by Crippen LogP contribution is -2.15. The molecule has 1 atom stereocenters. The number of hydrogen-bond donors (Lipinski definition) is 1. The average molecular weight is 160 g/mol. The maximum atomic E-state index is 10.7. The van der Waals surface area contributed by atoms with Gasteiger partial charge in [-0.3, -0.25) is 4.79 Å². The number of carbonyl (C=O) groups is 1. The molecule has 0 saturated carbocycles. The molecule has 0 bridgehead atoms. The second-order valence-corrected chi connectivity index (χ2v) is 3.02. The van der Waals surface area contributed by atoms with E-state index in [9.17, 15) is 4.79 Å². The molecule has 0 fully saturated rings. The van der Waals surface area contributed by atoms with E-state index in [0.717, 1.165) is 5.57 Å². The molecule has 0 heterocycles. The molecule has 0 N–H and O–H groups in total. The molecule has 0 aliphatic heterocycles. The van der Waals surface area contributed by atoms with Crippen LogP contribution in [-0.4, -0.2) is 17.8 Å². The molecule has 10 heavy (non-hydrogen) atoms. The van der Waals surface area contributed by atoms with Crippen LogP contribution in [0.1, 0.15) is 13.8 Å². The van der Waals surface area contributed by atoms with Crippen molar-refractivity contribution in [2.45, 2.75) is 19.1 Å². The lowest BCUT2D eigenvalue weighted by Gasteiger charge is -2.04. The Kier molecular flexibility index (Phi) is 4.19. The summed E-state index contributed by atoms with van der Waals surface area (Å²) in [5.74, 6) is -0.300. The van der Waals surface area contributed by atoms with Crippen molar-refractivity contribution in [3.05, 3.63) is 12.2 Å². The van der Waals surface area contributed by atoms with Crippen molar-refractivity contribution in [2.24, 2.45) is 0 Å². The van der Waals surface area contributed by atoms with E-state index in [0.29, 0.717) is 6.61 Å². The zero-order valence-corrected chi connectivity index (χ0v) is 7.15. The van der Waals surface area contributed by atoms with Gasteiger partial charge in [-0.1, -0.05) is 6.58 Å². The number of ether oxygens (including phenoxy) is 1. The molecule has 58 valence electrons. The minimum atomic E-state index is -0.348. The SMILES string of the molecule is C=C(C)COC(=O)C(C)S. The van der Waals surface area contributed by atoms with Crippen LogP contribution < -0.4 is 0 Å². The Morgan fingerprint density at radius 3 is 2.60 bits per heavy atom. The van der Waals surface area contributed by atoms with Gasteiger partial charge in [-0.15, -0.1) is 0 Å². The third-order valence-electron chi connectivity index (χ3n) is 0.802. The van der Waals surface area contributed by atoms with E-state index < -0.39 is 0 Å². The van der Waals surface area contributed by atoms with Crippen molar-refractivity contribution < 1.29 is 9.53 Å². The van der Waals surface area contributed by atoms with Gasteiger partial charge in [0.25, 0.3) is 0 Å². The second kappa shape index (κ2) is 4.39. The number of carbonyl (C=O) groups excluding carboxylic acids is 1. The fourth-order valence-corrected chi connectivity index (χ4v) is 0.389. The lowest BCUT2D eigenvalue weighted by atomic mass is 10.4. The normalized spacial score (nSPS) is 12.3. The van der Waals surface area contributed by atoms with Crippen LogP contribution in [0, 0.1) is 0 Å². The summed E-state index contributed by atoms with van der Waals surface area (Å²) < 4.78 is 4.75. The van der Waals surface area contributed by atoms with Crippen LogP contribution in [0.5, 0.6) is 0 Å². The molecule has 0 rings (SSSR count). The highest BCUT2D eigenvalue weighted by molar-refractivity contribution is 7.81. The molecule has 0 aliphatic rings. The van der Waals surface area contributed by atoms with Crippen LogP contribution in [-0.2, 0) is 9.53 Å². The molecule has 0 aliphatic carbocycles. The van der Waals surface area contributed by atoms with Gasteiger partial charge in [-0.2, -0.15) is 12.6 Å². The molecular formula is C7H12O2S. The zero-order chi connectivity index (χ0) is 8.15. The highest BCUT2D eigenvalue weighted by Crippen LogP contribution is 1.97. The molecule has 0 amide bonds. The highest BCUT2D eigenvalue weighted by Gasteiger charge is 2.07. The minimum Gasteiger partial charge on any atom is -0.460 e. The van der Waals surface area contributed by atoms with Gasteiger partial charge < -0.3 is 4.74 Å². The van der Waals surface area contributed by atoms with Crippen molar-refractivity contribution in [2.75, 3.05) is 6.61 Å². The monoisotopic (exact) mass is 160 g/mol. The summed E-state index contributed by atoms with van der Waals surface area (Å²) in [6.45, 7) is 7.35. The molecule has 0 spiro atoms. The molecule has 0 aromatic rings. The van der Waals surface area contributed by atoms with Crippen LogP contribution in [0.3, 0.4) is 0 Å². The maximum Gasteiger partial charge on any atom is 0.318 e. The van der Waals surface area contributed by atoms with Crippen molar-refractivity contribution in [3.8, 4) is 0 Å². The standard InChI is InChI=1S/C7H12O2S/c1-5(2)4-9-7(8)6(3)10/h6,10H,1,4H2,2-3H3. The van der Waals surface area contributed by atoms with E-state index in [-0.39, 0.29) is 11.2 Å². The van der Waals surface area contributed by atoms with Gasteiger partial charge in [-0.25, -0.2) is 0 Å². The van der Waals surface area contributed by atoms with Crippen molar-refractivity contribution in [1.82, 2.24) is 0 Å². The van der Waals surface area contributed by atoms with Crippen LogP contribution in [0.4, 0.5) is 0 Å². The molecule has 0 aromatic heterocycles. The molecule has 3 heteroatoms. The third kappa shape index (κ3) is 4.44. The summed E-state index contributed by atoms with van der Waals surface area (Å²) >= 11 is 3.89. The Morgan fingerprint density at radius 2 is 2.30 bits per heavy atom. The zero-order valence-electron chi connectivity index (χ0n) is 6.26. The van der Waals surface area contributed by atoms with E-state index in [2.05, 4.69) is 19.2 Å². The summed E-state index contributed by atoms with van der Waals surface area (Å²) in [5.41, 5.74) is 0.835. The smallest absolute Gasteiger partial charge is 0.318 e. The minimum absolute atomic E-state index is 0.295. The highest BCUT2D eigenvalue weighted by atomic mass is 32.1. The summed E-state index contributed by atoms with van der Waals surface area (Å²) in [5, 5.41) is -0.348. The van der Waals surface area contributed by atoms with Crippen LogP contribution in [0.2, 0.25) is 0 Å². The number of rotatable bonds is 3. The number of hydrogen-bond acceptors (Lipinski definition) is 3. The van der Waals surface area contributed by atoms with Gasteiger partial charge in [0, 0.05) is 0 Å². The van der Waals surface area contributed by atoms with Crippen LogP contribution >= 0.6 is 12.6 Å². The fourth-order valence-electron chi connectivity index (χ4n) is 0.315. The fraction of sp³-hybridized carbons (Fsp3) is 0.571. The van der Waals surface area contributed by atoms with Gasteiger partial charge in [0.2, 0.25) is 0 Å². The van der Waals surface area contributed by atoms with Gasteiger partial charge in [0.05, 0.1) is 5.25 Å². The van der Waals surface area contributed by atoms with Crippen molar-refractivity contribution >= 4 is 18.6 Å². The summed E-state index contributed by atoms with van der Waals surface area (Å²) in [6.07, 6.45) is 0. The first-order chi connectivity index (χ1) is 4.54. The number of thiol groups is 1. The predicted molar refractivity (Wildman–Crippen MR) is 44.2 cm³/mol. The Labute approximate surface area is 66.7 Å². The molecule has 0 aromatic carbocycles. The van der Waals surface area contributed by atoms with Crippen LogP contribution in [0.25, 0.3) is 0 Å². The quantitative estimate of drug-likeness (QED) is 0.384. The van der Waals surface area contributed by atoms with Crippen molar-refractivity contribution in [1.29, 1.82) is 0 Å². The van der Waals surface area contributed by atoms with Gasteiger partial charge >= 0.3 is 5.97 Å². The molecule has 0 saturated heterocycles.